The smallest absolute Gasteiger partial charge is 0.256 e. The van der Waals surface area contributed by atoms with Crippen molar-refractivity contribution in [2.45, 2.75) is 17.0 Å². The topological polar surface area (TPSA) is 72.2 Å². The van der Waals surface area contributed by atoms with Gasteiger partial charge in [0, 0.05) is 22.9 Å². The van der Waals surface area contributed by atoms with Crippen LogP contribution in [0.4, 0.5) is 10.1 Å². The zero-order chi connectivity index (χ0) is 20.1. The number of rotatable bonds is 7. The second-order valence-electron chi connectivity index (χ2n) is 5.81. The van der Waals surface area contributed by atoms with Crippen LogP contribution < -0.4 is 5.32 Å². The number of anilines is 1. The van der Waals surface area contributed by atoms with Gasteiger partial charge in [0.1, 0.15) is 5.82 Å². The van der Waals surface area contributed by atoms with Crippen LogP contribution in [0.1, 0.15) is 17.3 Å². The molecule has 5 nitrogen and oxygen atoms in total. The Hall–Kier alpha value is -2.58. The third-order valence-corrected chi connectivity index (χ3v) is 5.39. The summed E-state index contributed by atoms with van der Waals surface area (Å²) in [6.45, 7) is 1.44. The third-order valence-electron chi connectivity index (χ3n) is 3.77. The summed E-state index contributed by atoms with van der Waals surface area (Å²) in [4.78, 5) is 28.7. The highest BCUT2D eigenvalue weighted by Crippen LogP contribution is 2.29. The van der Waals surface area contributed by atoms with Gasteiger partial charge in [0.05, 0.1) is 17.6 Å². The summed E-state index contributed by atoms with van der Waals surface area (Å²) in [5.74, 6) is 0.121. The quantitative estimate of drug-likeness (QED) is 0.425. The molecule has 8 heteroatoms. The van der Waals surface area contributed by atoms with Crippen LogP contribution in [-0.4, -0.2) is 28.7 Å². The number of nitrogens with zero attached hydrogens (tertiary/aromatic N) is 1. The van der Waals surface area contributed by atoms with E-state index in [1.54, 1.807) is 36.5 Å². The van der Waals surface area contributed by atoms with Gasteiger partial charge in [-0.05, 0) is 48.7 Å². The Kier molecular flexibility index (Phi) is 6.53. The lowest BCUT2D eigenvalue weighted by molar-refractivity contribution is -0.114. The zero-order valence-corrected chi connectivity index (χ0v) is 16.8. The van der Waals surface area contributed by atoms with Crippen molar-refractivity contribution in [1.29, 1.82) is 0 Å². The van der Waals surface area contributed by atoms with E-state index in [4.69, 9.17) is 4.42 Å². The summed E-state index contributed by atoms with van der Waals surface area (Å²) in [5, 5.41) is 3.11. The normalized spacial score (nSPS) is 10.7. The van der Waals surface area contributed by atoms with Crippen LogP contribution in [0.2, 0.25) is 0 Å². The summed E-state index contributed by atoms with van der Waals surface area (Å²) >= 11 is 2.65. The van der Waals surface area contributed by atoms with Crippen molar-refractivity contribution >= 4 is 40.9 Å². The van der Waals surface area contributed by atoms with E-state index in [-0.39, 0.29) is 23.3 Å². The average Bonchev–Trinajstić information content (AvgIpc) is 3.15. The summed E-state index contributed by atoms with van der Waals surface area (Å²) in [5.41, 5.74) is 1.95. The molecule has 0 fully saturated rings. The summed E-state index contributed by atoms with van der Waals surface area (Å²) in [6.07, 6.45) is 3.43. The maximum absolute atomic E-state index is 13.0. The van der Waals surface area contributed by atoms with Crippen LogP contribution in [0.25, 0.3) is 11.3 Å². The molecule has 2 aromatic carbocycles. The van der Waals surface area contributed by atoms with E-state index in [1.807, 2.05) is 6.26 Å². The van der Waals surface area contributed by atoms with Gasteiger partial charge in [0.25, 0.3) is 5.22 Å². The average molecular weight is 416 g/mol. The molecule has 1 aromatic heterocycles. The minimum absolute atomic E-state index is 0.0730. The van der Waals surface area contributed by atoms with Crippen molar-refractivity contribution in [3.63, 3.8) is 0 Å². The second kappa shape index (κ2) is 9.07. The van der Waals surface area contributed by atoms with Gasteiger partial charge in [-0.1, -0.05) is 11.8 Å². The Balaban J connectivity index is 1.65. The van der Waals surface area contributed by atoms with Crippen LogP contribution in [0.5, 0.6) is 0 Å². The second-order valence-corrected chi connectivity index (χ2v) is 7.58. The molecule has 0 saturated heterocycles. The molecule has 0 unspecified atom stereocenters. The number of hydrogen-bond donors (Lipinski definition) is 1. The van der Waals surface area contributed by atoms with Gasteiger partial charge >= 0.3 is 0 Å². The minimum atomic E-state index is -0.322. The Morgan fingerprint density at radius 1 is 1.18 bits per heavy atom. The predicted octanol–water partition coefficient (Wildman–Crippen LogP) is 5.14. The van der Waals surface area contributed by atoms with Crippen LogP contribution in [0, 0.1) is 5.82 Å². The van der Waals surface area contributed by atoms with Crippen molar-refractivity contribution in [2.24, 2.45) is 0 Å². The molecular formula is C20H17FN2O3S2. The van der Waals surface area contributed by atoms with Gasteiger partial charge < -0.3 is 9.73 Å². The number of halogens is 1. The van der Waals surface area contributed by atoms with E-state index in [0.29, 0.717) is 27.8 Å². The van der Waals surface area contributed by atoms with Crippen molar-refractivity contribution in [1.82, 2.24) is 4.98 Å². The Labute approximate surface area is 170 Å². The first kappa shape index (κ1) is 20.2. The highest BCUT2D eigenvalue weighted by molar-refractivity contribution is 7.99. The lowest BCUT2D eigenvalue weighted by Crippen LogP contribution is -2.08. The minimum Gasteiger partial charge on any atom is -0.431 e. The van der Waals surface area contributed by atoms with Crippen LogP contribution in [0.3, 0.4) is 0 Å². The molecular weight excluding hydrogens is 399 g/mol. The fourth-order valence-electron chi connectivity index (χ4n) is 2.44. The number of oxazole rings is 1. The van der Waals surface area contributed by atoms with Crippen molar-refractivity contribution in [3.05, 3.63) is 60.0 Å². The molecule has 0 spiro atoms. The summed E-state index contributed by atoms with van der Waals surface area (Å²) < 4.78 is 18.6. The molecule has 28 heavy (non-hydrogen) atoms. The van der Waals surface area contributed by atoms with Crippen molar-refractivity contribution in [3.8, 4) is 11.3 Å². The Morgan fingerprint density at radius 3 is 2.61 bits per heavy atom. The van der Waals surface area contributed by atoms with E-state index in [9.17, 15) is 14.0 Å². The molecule has 3 rings (SSSR count). The number of thioether (sulfide) groups is 2. The first-order valence-electron chi connectivity index (χ1n) is 8.29. The van der Waals surface area contributed by atoms with Gasteiger partial charge in [0.15, 0.2) is 11.5 Å². The number of nitrogens with one attached hydrogen (secondary N) is 1. The molecule has 0 saturated carbocycles. The fourth-order valence-corrected chi connectivity index (χ4v) is 3.72. The van der Waals surface area contributed by atoms with Crippen LogP contribution in [0.15, 0.2) is 63.2 Å². The number of Topliss-reactive ketones (excluding diaryl/α,β-unsaturated/α-hetero) is 1. The highest BCUT2D eigenvalue weighted by Gasteiger charge is 2.13. The monoisotopic (exact) mass is 416 g/mol. The fraction of sp³-hybridized carbons (Fsp3) is 0.150. The first-order valence-corrected chi connectivity index (χ1v) is 10.5. The largest absolute Gasteiger partial charge is 0.431 e. The molecule has 144 valence electrons. The first-order chi connectivity index (χ1) is 13.5. The number of aromatic nitrogens is 1. The lowest BCUT2D eigenvalue weighted by Gasteiger charge is -2.09. The molecule has 3 aromatic rings. The highest BCUT2D eigenvalue weighted by atomic mass is 32.2. The summed E-state index contributed by atoms with van der Waals surface area (Å²) in [6, 6.07) is 11.1. The number of carbonyl (C=O) groups excluding carboxylic acids is 2. The Morgan fingerprint density at radius 2 is 1.93 bits per heavy atom. The molecule has 0 atom stereocenters. The predicted molar refractivity (Wildman–Crippen MR) is 109 cm³/mol. The molecule has 0 aliphatic heterocycles. The number of hydrogen-bond acceptors (Lipinski definition) is 6. The number of ketones is 1. The van der Waals surface area contributed by atoms with E-state index >= 15 is 0 Å². The maximum Gasteiger partial charge on any atom is 0.256 e. The van der Waals surface area contributed by atoms with Crippen molar-refractivity contribution in [2.75, 3.05) is 17.3 Å². The SMILES string of the molecule is CSc1cc(C(=O)CSc2ncc(-c3ccc(F)cc3)o2)ccc1NC(C)=O. The molecule has 0 bridgehead atoms. The van der Waals surface area contributed by atoms with Gasteiger partial charge in [-0.2, -0.15) is 0 Å². The van der Waals surface area contributed by atoms with Gasteiger partial charge in [0.2, 0.25) is 5.91 Å². The number of amides is 1. The molecule has 1 heterocycles. The molecule has 1 amide bonds. The third kappa shape index (κ3) is 5.02. The van der Waals surface area contributed by atoms with E-state index < -0.39 is 0 Å². The lowest BCUT2D eigenvalue weighted by atomic mass is 10.1. The van der Waals surface area contributed by atoms with Crippen molar-refractivity contribution < 1.29 is 18.4 Å². The van der Waals surface area contributed by atoms with Gasteiger partial charge in [-0.3, -0.25) is 9.59 Å². The van der Waals surface area contributed by atoms with E-state index in [2.05, 4.69) is 10.3 Å². The number of carbonyl (C=O) groups is 2. The zero-order valence-electron chi connectivity index (χ0n) is 15.2. The molecule has 1 N–H and O–H groups in total. The number of benzene rings is 2. The molecule has 0 aliphatic rings. The molecule has 0 radical (unpaired) electrons. The van der Waals surface area contributed by atoms with Crippen LogP contribution in [-0.2, 0) is 4.79 Å². The van der Waals surface area contributed by atoms with Gasteiger partial charge in [-0.25, -0.2) is 9.37 Å². The standard InChI is InChI=1S/C20H17FN2O3S2/c1-12(24)23-16-8-5-14(9-19(16)27-2)17(25)11-28-20-22-10-18(26-20)13-3-6-15(21)7-4-13/h3-10H,11H2,1-2H3,(H,23,24). The van der Waals surface area contributed by atoms with E-state index in [0.717, 1.165) is 4.90 Å². The Bertz CT molecular complexity index is 1000. The van der Waals surface area contributed by atoms with Crippen LogP contribution >= 0.6 is 23.5 Å². The van der Waals surface area contributed by atoms with E-state index in [1.165, 1.54) is 42.6 Å². The summed E-state index contributed by atoms with van der Waals surface area (Å²) in [7, 11) is 0. The maximum atomic E-state index is 13.0. The van der Waals surface area contributed by atoms with Gasteiger partial charge in [-0.15, -0.1) is 11.8 Å². The molecule has 0 aliphatic carbocycles.